The van der Waals surface area contributed by atoms with Crippen molar-refractivity contribution in [2.75, 3.05) is 0 Å². The molecule has 3 heteroatoms. The van der Waals surface area contributed by atoms with Crippen molar-refractivity contribution in [3.05, 3.63) is 23.3 Å². The molecule has 1 unspecified atom stereocenters. The molecule has 2 rings (SSSR count). The van der Waals surface area contributed by atoms with E-state index in [0.29, 0.717) is 5.92 Å². The van der Waals surface area contributed by atoms with Crippen molar-refractivity contribution in [3.63, 3.8) is 0 Å². The second kappa shape index (κ2) is 7.26. The molecule has 71 valence electrons. The summed E-state index contributed by atoms with van der Waals surface area (Å²) in [5, 5.41) is 0. The molecule has 0 amide bonds. The van der Waals surface area contributed by atoms with Crippen LogP contribution in [-0.4, -0.2) is 0 Å². The first-order valence-electron chi connectivity index (χ1n) is 4.19. The Labute approximate surface area is 112 Å². The molecule has 2 aliphatic rings. The van der Waals surface area contributed by atoms with Crippen molar-refractivity contribution in [2.45, 2.75) is 32.6 Å². The third-order valence-corrected chi connectivity index (χ3v) is 2.58. The van der Waals surface area contributed by atoms with Gasteiger partial charge in [0.15, 0.2) is 0 Å². The van der Waals surface area contributed by atoms with E-state index in [-0.39, 0.29) is 51.0 Å². The number of hydrogen-bond donors (Lipinski definition) is 0. The van der Waals surface area contributed by atoms with Gasteiger partial charge in [-0.2, -0.15) is 11.1 Å². The van der Waals surface area contributed by atoms with Gasteiger partial charge in [0.25, 0.3) is 0 Å². The van der Waals surface area contributed by atoms with Gasteiger partial charge >= 0.3 is 26.2 Å². The molecular formula is C10H13Cl2Zr. The summed E-state index contributed by atoms with van der Waals surface area (Å²) in [5.74, 6) is 0.635. The maximum absolute atomic E-state index is 3.36. The fraction of sp³-hybridized carbons (Fsp3) is 0.600. The Balaban J connectivity index is 0. The second-order valence-corrected chi connectivity index (χ2v) is 3.29. The van der Waals surface area contributed by atoms with Gasteiger partial charge in [0.1, 0.15) is 0 Å². The van der Waals surface area contributed by atoms with Crippen LogP contribution in [0.4, 0.5) is 0 Å². The maximum atomic E-state index is 3.36. The van der Waals surface area contributed by atoms with Crippen LogP contribution in [0.1, 0.15) is 32.6 Å². The molecule has 0 saturated heterocycles. The smallest absolute Gasteiger partial charge is 1.00 e. The minimum Gasteiger partial charge on any atom is -1.00 e. The Morgan fingerprint density at radius 2 is 1.85 bits per heavy atom. The average Bonchev–Trinajstić information content (AvgIpc) is 2.34. The van der Waals surface area contributed by atoms with Gasteiger partial charge in [0.05, 0.1) is 0 Å². The fourth-order valence-corrected chi connectivity index (χ4v) is 1.94. The first kappa shape index (κ1) is 16.4. The molecule has 0 aliphatic heterocycles. The summed E-state index contributed by atoms with van der Waals surface area (Å²) in [6.07, 6.45) is 11.0. The van der Waals surface area contributed by atoms with Crippen LogP contribution in [0.5, 0.6) is 0 Å². The molecule has 13 heavy (non-hydrogen) atoms. The van der Waals surface area contributed by atoms with Crippen LogP contribution in [0.25, 0.3) is 0 Å². The molecule has 0 bridgehead atoms. The Morgan fingerprint density at radius 3 is 2.46 bits per heavy atom. The van der Waals surface area contributed by atoms with Crippen molar-refractivity contribution >= 4 is 0 Å². The SMILES string of the molecule is CC1[C-]=CC2=C1CCCC2.[Cl-].[Cl-].[Zr+3]. The van der Waals surface area contributed by atoms with E-state index < -0.39 is 0 Å². The van der Waals surface area contributed by atoms with E-state index in [0.717, 1.165) is 0 Å². The van der Waals surface area contributed by atoms with E-state index in [2.05, 4.69) is 19.1 Å². The summed E-state index contributed by atoms with van der Waals surface area (Å²) in [6, 6.07) is 0. The second-order valence-electron chi connectivity index (χ2n) is 3.29. The topological polar surface area (TPSA) is 0 Å². The summed E-state index contributed by atoms with van der Waals surface area (Å²) in [5.41, 5.74) is 3.27. The normalized spacial score (nSPS) is 23.9. The van der Waals surface area contributed by atoms with Crippen LogP contribution in [0.3, 0.4) is 0 Å². The molecule has 0 aromatic rings. The first-order chi connectivity index (χ1) is 4.88. The van der Waals surface area contributed by atoms with Crippen molar-refractivity contribution in [1.82, 2.24) is 0 Å². The van der Waals surface area contributed by atoms with E-state index in [9.17, 15) is 0 Å². The quantitative estimate of drug-likeness (QED) is 0.415. The van der Waals surface area contributed by atoms with Crippen LogP contribution in [0.2, 0.25) is 0 Å². The summed E-state index contributed by atoms with van der Waals surface area (Å²) in [6.45, 7) is 2.25. The Morgan fingerprint density at radius 1 is 1.23 bits per heavy atom. The molecular weight excluding hydrogens is 282 g/mol. The van der Waals surface area contributed by atoms with E-state index in [1.54, 1.807) is 11.1 Å². The van der Waals surface area contributed by atoms with E-state index in [1.165, 1.54) is 25.7 Å². The Kier molecular flexibility index (Phi) is 9.15. The van der Waals surface area contributed by atoms with Gasteiger partial charge in [-0.1, -0.05) is 32.1 Å². The van der Waals surface area contributed by atoms with Gasteiger partial charge in [0.2, 0.25) is 0 Å². The largest absolute Gasteiger partial charge is 3.00 e. The van der Waals surface area contributed by atoms with Gasteiger partial charge in [-0.15, -0.1) is 0 Å². The Bertz CT molecular complexity index is 209. The van der Waals surface area contributed by atoms with Crippen LogP contribution in [-0.2, 0) is 26.2 Å². The predicted molar refractivity (Wildman–Crippen MR) is 42.5 cm³/mol. The monoisotopic (exact) mass is 293 g/mol. The number of halogens is 2. The standard InChI is InChI=1S/C10H13.2ClH.Zr/c1-8-6-7-9-4-2-3-5-10(8)9;;;/h7-8H,2-5H2,1H3;2*1H;/q-1;;;+3/p-2. The minimum absolute atomic E-state index is 0. The Hall–Kier alpha value is 0.943. The van der Waals surface area contributed by atoms with E-state index in [1.807, 2.05) is 0 Å². The molecule has 0 fully saturated rings. The summed E-state index contributed by atoms with van der Waals surface area (Å²) in [7, 11) is 0. The van der Waals surface area contributed by atoms with Crippen molar-refractivity contribution in [3.8, 4) is 0 Å². The van der Waals surface area contributed by atoms with Crippen LogP contribution >= 0.6 is 0 Å². The molecule has 1 atom stereocenters. The first-order valence-corrected chi connectivity index (χ1v) is 4.19. The predicted octanol–water partition coefficient (Wildman–Crippen LogP) is -3.13. The molecule has 0 spiro atoms. The zero-order valence-electron chi connectivity index (χ0n) is 7.74. The van der Waals surface area contributed by atoms with Gasteiger partial charge < -0.3 is 24.8 Å². The molecule has 0 aromatic carbocycles. The third kappa shape index (κ3) is 3.53. The van der Waals surface area contributed by atoms with Gasteiger partial charge in [-0.3, -0.25) is 6.08 Å². The van der Waals surface area contributed by atoms with Crippen molar-refractivity contribution < 1.29 is 51.0 Å². The van der Waals surface area contributed by atoms with Gasteiger partial charge in [0, 0.05) is 0 Å². The van der Waals surface area contributed by atoms with Crippen LogP contribution in [0.15, 0.2) is 17.2 Å². The summed E-state index contributed by atoms with van der Waals surface area (Å²) in [4.78, 5) is 0. The van der Waals surface area contributed by atoms with Crippen molar-refractivity contribution in [2.24, 2.45) is 5.92 Å². The van der Waals surface area contributed by atoms with E-state index >= 15 is 0 Å². The molecule has 0 N–H and O–H groups in total. The van der Waals surface area contributed by atoms with E-state index in [4.69, 9.17) is 0 Å². The molecule has 0 nitrogen and oxygen atoms in total. The average molecular weight is 295 g/mol. The van der Waals surface area contributed by atoms with Crippen molar-refractivity contribution in [1.29, 1.82) is 0 Å². The maximum Gasteiger partial charge on any atom is 3.00 e. The molecule has 2 aliphatic carbocycles. The fourth-order valence-electron chi connectivity index (χ4n) is 1.94. The number of rotatable bonds is 0. The third-order valence-electron chi connectivity index (χ3n) is 2.58. The summed E-state index contributed by atoms with van der Waals surface area (Å²) >= 11 is 0. The van der Waals surface area contributed by atoms with Crippen LogP contribution in [0, 0.1) is 12.0 Å². The zero-order chi connectivity index (χ0) is 6.97. The van der Waals surface area contributed by atoms with Gasteiger partial charge in [-0.05, 0) is 6.42 Å². The number of hydrogen-bond acceptors (Lipinski definition) is 0. The van der Waals surface area contributed by atoms with Gasteiger partial charge in [-0.25, -0.2) is 6.08 Å². The molecule has 0 heterocycles. The van der Waals surface area contributed by atoms with Crippen LogP contribution < -0.4 is 24.8 Å². The zero-order valence-corrected chi connectivity index (χ0v) is 11.7. The molecule has 0 aromatic heterocycles. The molecule has 1 radical (unpaired) electrons. The molecule has 0 saturated carbocycles. The minimum atomic E-state index is 0. The number of allylic oxidation sites excluding steroid dienone is 4. The summed E-state index contributed by atoms with van der Waals surface area (Å²) < 4.78 is 0.